The van der Waals surface area contributed by atoms with Crippen LogP contribution in [0, 0.1) is 0 Å². The Morgan fingerprint density at radius 3 is 1.33 bits per heavy atom. The fourth-order valence-corrected chi connectivity index (χ4v) is 3.21. The maximum atomic E-state index is 9.16. The summed E-state index contributed by atoms with van der Waals surface area (Å²) >= 11 is 0. The fraction of sp³-hybridized carbons (Fsp3) is 1.00. The van der Waals surface area contributed by atoms with Crippen molar-refractivity contribution in [1.29, 1.82) is 0 Å². The van der Waals surface area contributed by atoms with E-state index in [1.165, 1.54) is 0 Å². The highest BCUT2D eigenvalue weighted by molar-refractivity contribution is 4.96. The van der Waals surface area contributed by atoms with Crippen molar-refractivity contribution in [1.82, 2.24) is 4.90 Å². The van der Waals surface area contributed by atoms with Gasteiger partial charge in [0.25, 0.3) is 0 Å². The number of hydrogen-bond acceptors (Lipinski definition) is 2. The van der Waals surface area contributed by atoms with Gasteiger partial charge in [-0.1, -0.05) is 0 Å². The van der Waals surface area contributed by atoms with Gasteiger partial charge in [-0.2, -0.15) is 0 Å². The molecule has 0 aliphatic rings. The summed E-state index contributed by atoms with van der Waals surface area (Å²) in [6.07, 6.45) is 0.807. The van der Waals surface area contributed by atoms with Crippen molar-refractivity contribution in [3.05, 3.63) is 0 Å². The zero-order chi connectivity index (χ0) is 12.5. The molecule has 0 amide bonds. The molecule has 0 aromatic heterocycles. The lowest BCUT2D eigenvalue weighted by Gasteiger charge is -2.54. The van der Waals surface area contributed by atoms with Crippen LogP contribution in [0.2, 0.25) is 0 Å². The largest absolute Gasteiger partial charge is 0.396 e. The zero-order valence-electron chi connectivity index (χ0n) is 11.8. The van der Waals surface area contributed by atoms with E-state index >= 15 is 0 Å². The Hall–Kier alpha value is -0.0800. The molecule has 1 N–H and O–H groups in total. The summed E-state index contributed by atoms with van der Waals surface area (Å²) in [5.41, 5.74) is 0.235. The first kappa shape index (κ1) is 14.9. The standard InChI is InChI=1S/C13H29NO/c1-11(2,3)14(12(4,5)6)13(7,8)9-10-15/h15H,9-10H2,1-8H3. The van der Waals surface area contributed by atoms with Crippen molar-refractivity contribution < 1.29 is 5.11 Å². The van der Waals surface area contributed by atoms with E-state index in [-0.39, 0.29) is 23.2 Å². The molecule has 0 heterocycles. The Kier molecular flexibility index (Phi) is 4.40. The quantitative estimate of drug-likeness (QED) is 0.782. The van der Waals surface area contributed by atoms with Crippen LogP contribution in [-0.4, -0.2) is 33.2 Å². The Balaban J connectivity index is 5.13. The molecule has 0 aromatic carbocycles. The highest BCUT2D eigenvalue weighted by atomic mass is 16.3. The van der Waals surface area contributed by atoms with E-state index < -0.39 is 0 Å². The summed E-state index contributed by atoms with van der Waals surface area (Å²) in [5.74, 6) is 0. The molecule has 0 unspecified atom stereocenters. The normalized spacial score (nSPS) is 14.8. The van der Waals surface area contributed by atoms with Crippen LogP contribution in [-0.2, 0) is 0 Å². The SMILES string of the molecule is CC(C)(C)N(C(C)(C)C)C(C)(C)CCO. The molecule has 0 saturated heterocycles. The van der Waals surface area contributed by atoms with E-state index in [0.29, 0.717) is 0 Å². The van der Waals surface area contributed by atoms with E-state index in [0.717, 1.165) is 6.42 Å². The summed E-state index contributed by atoms with van der Waals surface area (Å²) in [6, 6.07) is 0. The summed E-state index contributed by atoms with van der Waals surface area (Å²) in [6.45, 7) is 18.1. The fourth-order valence-electron chi connectivity index (χ4n) is 3.21. The van der Waals surface area contributed by atoms with Gasteiger partial charge in [-0.25, -0.2) is 0 Å². The number of aliphatic hydroxyl groups is 1. The van der Waals surface area contributed by atoms with Crippen LogP contribution in [0.3, 0.4) is 0 Å². The monoisotopic (exact) mass is 215 g/mol. The number of hydrogen-bond donors (Lipinski definition) is 1. The minimum Gasteiger partial charge on any atom is -0.396 e. The zero-order valence-corrected chi connectivity index (χ0v) is 11.8. The van der Waals surface area contributed by atoms with Gasteiger partial charge in [0.05, 0.1) is 0 Å². The topological polar surface area (TPSA) is 23.5 Å². The Morgan fingerprint density at radius 1 is 0.800 bits per heavy atom. The van der Waals surface area contributed by atoms with Gasteiger partial charge >= 0.3 is 0 Å². The van der Waals surface area contributed by atoms with Crippen LogP contribution >= 0.6 is 0 Å². The highest BCUT2D eigenvalue weighted by Gasteiger charge is 2.41. The molecule has 0 aliphatic carbocycles. The van der Waals surface area contributed by atoms with Gasteiger partial charge in [0.15, 0.2) is 0 Å². The first-order valence-corrected chi connectivity index (χ1v) is 5.84. The van der Waals surface area contributed by atoms with Crippen LogP contribution in [0.1, 0.15) is 61.8 Å². The van der Waals surface area contributed by atoms with Crippen LogP contribution in [0.5, 0.6) is 0 Å². The first-order chi connectivity index (χ1) is 6.43. The lowest BCUT2D eigenvalue weighted by atomic mass is 9.85. The van der Waals surface area contributed by atoms with Gasteiger partial charge in [0.2, 0.25) is 0 Å². The number of rotatable bonds is 3. The molecule has 92 valence electrons. The van der Waals surface area contributed by atoms with Crippen molar-refractivity contribution in [2.24, 2.45) is 0 Å². The van der Waals surface area contributed by atoms with E-state index in [2.05, 4.69) is 60.3 Å². The molecule has 0 atom stereocenters. The lowest BCUT2D eigenvalue weighted by molar-refractivity contribution is -0.0581. The Morgan fingerprint density at radius 2 is 1.13 bits per heavy atom. The van der Waals surface area contributed by atoms with Gasteiger partial charge in [-0.05, 0) is 61.8 Å². The van der Waals surface area contributed by atoms with Crippen LogP contribution in [0.4, 0.5) is 0 Å². The van der Waals surface area contributed by atoms with Crippen molar-refractivity contribution >= 4 is 0 Å². The van der Waals surface area contributed by atoms with Crippen molar-refractivity contribution in [3.8, 4) is 0 Å². The predicted molar refractivity (Wildman–Crippen MR) is 67.1 cm³/mol. The minimum absolute atomic E-state index is 0.0191. The molecule has 0 rings (SSSR count). The second-order valence-electron chi connectivity index (χ2n) is 6.96. The molecular weight excluding hydrogens is 186 g/mol. The van der Waals surface area contributed by atoms with E-state index in [4.69, 9.17) is 5.11 Å². The Bertz CT molecular complexity index is 182. The molecular formula is C13H29NO. The van der Waals surface area contributed by atoms with Gasteiger partial charge < -0.3 is 5.11 Å². The molecule has 0 saturated carbocycles. The summed E-state index contributed by atoms with van der Waals surface area (Å²) in [5, 5.41) is 9.16. The summed E-state index contributed by atoms with van der Waals surface area (Å²) in [7, 11) is 0. The van der Waals surface area contributed by atoms with Gasteiger partial charge in [-0.15, -0.1) is 0 Å². The number of nitrogens with zero attached hydrogens (tertiary/aromatic N) is 1. The third-order valence-electron chi connectivity index (χ3n) is 2.67. The molecule has 0 radical (unpaired) electrons. The predicted octanol–water partition coefficient (Wildman–Crippen LogP) is 3.05. The average Bonchev–Trinajstić information content (AvgIpc) is 1.75. The summed E-state index contributed by atoms with van der Waals surface area (Å²) in [4.78, 5) is 2.49. The van der Waals surface area contributed by atoms with Crippen LogP contribution < -0.4 is 0 Å². The van der Waals surface area contributed by atoms with Crippen LogP contribution in [0.25, 0.3) is 0 Å². The third kappa shape index (κ3) is 4.12. The van der Waals surface area contributed by atoms with Gasteiger partial charge in [0.1, 0.15) is 0 Å². The average molecular weight is 215 g/mol. The van der Waals surface area contributed by atoms with Crippen molar-refractivity contribution in [2.45, 2.75) is 78.4 Å². The van der Waals surface area contributed by atoms with Crippen molar-refractivity contribution in [3.63, 3.8) is 0 Å². The first-order valence-electron chi connectivity index (χ1n) is 5.84. The van der Waals surface area contributed by atoms with Crippen molar-refractivity contribution in [2.75, 3.05) is 6.61 Å². The number of aliphatic hydroxyl groups excluding tert-OH is 1. The Labute approximate surface area is 95.7 Å². The molecule has 0 fully saturated rings. The minimum atomic E-state index is 0.0191. The summed E-state index contributed by atoms with van der Waals surface area (Å²) < 4.78 is 0. The smallest absolute Gasteiger partial charge is 0.0448 e. The van der Waals surface area contributed by atoms with E-state index in [1.807, 2.05) is 0 Å². The van der Waals surface area contributed by atoms with E-state index in [1.54, 1.807) is 0 Å². The highest BCUT2D eigenvalue weighted by Crippen LogP contribution is 2.35. The molecule has 0 aromatic rings. The maximum absolute atomic E-state index is 9.16. The molecule has 0 spiro atoms. The molecule has 2 heteroatoms. The van der Waals surface area contributed by atoms with E-state index in [9.17, 15) is 0 Å². The molecule has 15 heavy (non-hydrogen) atoms. The van der Waals surface area contributed by atoms with Gasteiger partial charge in [-0.3, -0.25) is 4.90 Å². The molecule has 2 nitrogen and oxygen atoms in total. The second-order valence-corrected chi connectivity index (χ2v) is 6.96. The lowest BCUT2D eigenvalue weighted by Crippen LogP contribution is -2.62. The molecule has 0 bridgehead atoms. The molecule has 0 aliphatic heterocycles. The second kappa shape index (κ2) is 4.42. The maximum Gasteiger partial charge on any atom is 0.0448 e. The third-order valence-corrected chi connectivity index (χ3v) is 2.67. The van der Waals surface area contributed by atoms with Gasteiger partial charge in [0, 0.05) is 23.2 Å². The van der Waals surface area contributed by atoms with Crippen LogP contribution in [0.15, 0.2) is 0 Å².